The van der Waals surface area contributed by atoms with Crippen LogP contribution in [-0.2, 0) is 6.54 Å². The Hall–Kier alpha value is -1.37. The van der Waals surface area contributed by atoms with Gasteiger partial charge in [0.05, 0.1) is 11.1 Å². The maximum absolute atomic E-state index is 13.0. The topological polar surface area (TPSA) is 45.2 Å². The molecule has 2 N–H and O–H groups in total. The zero-order valence-electron chi connectivity index (χ0n) is 10.4. The zero-order chi connectivity index (χ0) is 13.8. The molecule has 1 aromatic heterocycles. The lowest BCUT2D eigenvalue weighted by Crippen LogP contribution is -2.20. The highest BCUT2D eigenvalue weighted by Gasteiger charge is 2.10. The zero-order valence-corrected chi connectivity index (χ0v) is 11.2. The molecule has 0 spiro atoms. The molecule has 1 heterocycles. The highest BCUT2D eigenvalue weighted by molar-refractivity contribution is 7.11. The van der Waals surface area contributed by atoms with Gasteiger partial charge in [-0.2, -0.15) is 0 Å². The molecule has 0 radical (unpaired) electrons. The van der Waals surface area contributed by atoms with Crippen LogP contribution in [0.15, 0.2) is 24.4 Å². The fraction of sp³-hybridized carbons (Fsp3) is 0.308. The third-order valence-corrected chi connectivity index (χ3v) is 3.55. The van der Waals surface area contributed by atoms with Crippen LogP contribution in [0.1, 0.15) is 21.6 Å². The second-order valence-electron chi connectivity index (χ2n) is 4.17. The van der Waals surface area contributed by atoms with Gasteiger partial charge in [-0.25, -0.2) is 13.8 Å². The van der Waals surface area contributed by atoms with E-state index in [9.17, 15) is 13.9 Å². The van der Waals surface area contributed by atoms with Gasteiger partial charge in [-0.15, -0.1) is 11.3 Å². The van der Waals surface area contributed by atoms with E-state index in [0.29, 0.717) is 12.1 Å². The van der Waals surface area contributed by atoms with Crippen LogP contribution in [0, 0.1) is 18.6 Å². The average Bonchev–Trinajstić information content (AvgIpc) is 2.78. The Labute approximate surface area is 113 Å². The van der Waals surface area contributed by atoms with Crippen molar-refractivity contribution in [3.63, 3.8) is 0 Å². The molecule has 0 aliphatic carbocycles. The van der Waals surface area contributed by atoms with Gasteiger partial charge in [-0.05, 0) is 24.6 Å². The van der Waals surface area contributed by atoms with Crippen LogP contribution >= 0.6 is 11.3 Å². The summed E-state index contributed by atoms with van der Waals surface area (Å²) in [5.74, 6) is -1.86. The van der Waals surface area contributed by atoms with E-state index in [1.807, 2.05) is 6.92 Å². The van der Waals surface area contributed by atoms with E-state index >= 15 is 0 Å². The first kappa shape index (κ1) is 14.0. The Morgan fingerprint density at radius 3 is 2.79 bits per heavy atom. The summed E-state index contributed by atoms with van der Waals surface area (Å²) >= 11 is 1.57. The molecule has 2 rings (SSSR count). The van der Waals surface area contributed by atoms with Crippen molar-refractivity contribution < 1.29 is 13.9 Å². The van der Waals surface area contributed by atoms with Crippen molar-refractivity contribution in [1.29, 1.82) is 0 Å². The van der Waals surface area contributed by atoms with Crippen molar-refractivity contribution in [3.05, 3.63) is 51.5 Å². The summed E-state index contributed by atoms with van der Waals surface area (Å²) in [6, 6.07) is 3.40. The highest BCUT2D eigenvalue weighted by Crippen LogP contribution is 2.16. The van der Waals surface area contributed by atoms with Gasteiger partial charge in [0.25, 0.3) is 0 Å². The molecular weight excluding hydrogens is 270 g/mol. The summed E-state index contributed by atoms with van der Waals surface area (Å²) in [5, 5.41) is 13.9. The third kappa shape index (κ3) is 3.79. The van der Waals surface area contributed by atoms with E-state index in [1.54, 1.807) is 17.5 Å². The van der Waals surface area contributed by atoms with Gasteiger partial charge in [0.2, 0.25) is 0 Å². The van der Waals surface area contributed by atoms with Gasteiger partial charge >= 0.3 is 0 Å². The first-order valence-electron chi connectivity index (χ1n) is 5.81. The van der Waals surface area contributed by atoms with Gasteiger partial charge in [-0.1, -0.05) is 6.07 Å². The predicted molar refractivity (Wildman–Crippen MR) is 69.9 cm³/mol. The third-order valence-electron chi connectivity index (χ3n) is 2.63. The molecule has 1 aromatic carbocycles. The molecule has 3 nitrogen and oxygen atoms in total. The number of aryl methyl sites for hydroxylation is 1. The van der Waals surface area contributed by atoms with E-state index in [2.05, 4.69) is 10.3 Å². The summed E-state index contributed by atoms with van der Waals surface area (Å²) in [5.41, 5.74) is 0.354. The molecule has 0 fully saturated rings. The highest BCUT2D eigenvalue weighted by atomic mass is 32.1. The molecule has 0 amide bonds. The lowest BCUT2D eigenvalue weighted by atomic mass is 10.1. The summed E-state index contributed by atoms with van der Waals surface area (Å²) in [4.78, 5) is 5.18. The van der Waals surface area contributed by atoms with Crippen LogP contribution < -0.4 is 5.32 Å². The molecule has 0 aliphatic rings. The normalized spacial score (nSPS) is 12.6. The molecule has 6 heteroatoms. The Bertz CT molecular complexity index is 559. The number of rotatable bonds is 5. The van der Waals surface area contributed by atoms with Crippen molar-refractivity contribution in [2.24, 2.45) is 0 Å². The van der Waals surface area contributed by atoms with Crippen molar-refractivity contribution in [1.82, 2.24) is 10.3 Å². The Morgan fingerprint density at radius 1 is 1.37 bits per heavy atom. The molecular formula is C13H14F2N2OS. The summed E-state index contributed by atoms with van der Waals surface area (Å²) < 4.78 is 25.8. The van der Waals surface area contributed by atoms with E-state index in [4.69, 9.17) is 0 Å². The second kappa shape index (κ2) is 6.18. The van der Waals surface area contributed by atoms with Crippen LogP contribution in [0.3, 0.4) is 0 Å². The van der Waals surface area contributed by atoms with Crippen LogP contribution in [0.2, 0.25) is 0 Å². The standard InChI is InChI=1S/C13H14F2N2OS/c1-8-17-6-10(19-8)5-16-7-13(18)9-2-3-11(14)12(15)4-9/h2-4,6,13,16,18H,5,7H2,1H3. The van der Waals surface area contributed by atoms with Crippen LogP contribution in [0.4, 0.5) is 8.78 Å². The average molecular weight is 284 g/mol. The molecule has 19 heavy (non-hydrogen) atoms. The fourth-order valence-corrected chi connectivity index (χ4v) is 2.42. The number of benzene rings is 1. The summed E-state index contributed by atoms with van der Waals surface area (Å²) in [6.07, 6.45) is 0.904. The summed E-state index contributed by atoms with van der Waals surface area (Å²) in [7, 11) is 0. The first-order chi connectivity index (χ1) is 9.06. The quantitative estimate of drug-likeness (QED) is 0.887. The van der Waals surface area contributed by atoms with Crippen molar-refractivity contribution >= 4 is 11.3 Å². The van der Waals surface area contributed by atoms with Gasteiger partial charge in [0.15, 0.2) is 11.6 Å². The minimum atomic E-state index is -0.949. The number of halogens is 2. The number of hydrogen-bond donors (Lipinski definition) is 2. The number of nitrogens with one attached hydrogen (secondary N) is 1. The van der Waals surface area contributed by atoms with E-state index in [0.717, 1.165) is 22.0 Å². The largest absolute Gasteiger partial charge is 0.387 e. The van der Waals surface area contributed by atoms with Gasteiger partial charge < -0.3 is 10.4 Å². The second-order valence-corrected chi connectivity index (χ2v) is 5.49. The van der Waals surface area contributed by atoms with Crippen molar-refractivity contribution in [2.75, 3.05) is 6.54 Å². The van der Waals surface area contributed by atoms with Crippen LogP contribution in [-0.4, -0.2) is 16.6 Å². The Kier molecular flexibility index (Phi) is 4.57. The van der Waals surface area contributed by atoms with E-state index in [1.165, 1.54) is 6.07 Å². The Morgan fingerprint density at radius 2 is 2.16 bits per heavy atom. The monoisotopic (exact) mass is 284 g/mol. The maximum atomic E-state index is 13.0. The van der Waals surface area contributed by atoms with Gasteiger partial charge in [0, 0.05) is 24.2 Å². The summed E-state index contributed by atoms with van der Waals surface area (Å²) in [6.45, 7) is 2.78. The van der Waals surface area contributed by atoms with Crippen molar-refractivity contribution in [2.45, 2.75) is 19.6 Å². The number of aliphatic hydroxyl groups excluding tert-OH is 1. The smallest absolute Gasteiger partial charge is 0.159 e. The predicted octanol–water partition coefficient (Wildman–Crippen LogP) is 2.55. The first-order valence-corrected chi connectivity index (χ1v) is 6.63. The number of aliphatic hydroxyl groups is 1. The van der Waals surface area contributed by atoms with E-state index < -0.39 is 17.7 Å². The molecule has 0 saturated heterocycles. The fourth-order valence-electron chi connectivity index (χ4n) is 1.66. The molecule has 1 atom stereocenters. The molecule has 0 saturated carbocycles. The Balaban J connectivity index is 1.86. The van der Waals surface area contributed by atoms with Gasteiger partial charge in [-0.3, -0.25) is 0 Å². The van der Waals surface area contributed by atoms with Crippen molar-refractivity contribution in [3.8, 4) is 0 Å². The van der Waals surface area contributed by atoms with Gasteiger partial charge in [0.1, 0.15) is 0 Å². The number of nitrogens with zero attached hydrogens (tertiary/aromatic N) is 1. The minimum Gasteiger partial charge on any atom is -0.387 e. The molecule has 0 aliphatic heterocycles. The molecule has 102 valence electrons. The SMILES string of the molecule is Cc1ncc(CNCC(O)c2ccc(F)c(F)c2)s1. The number of thiazole rings is 1. The lowest BCUT2D eigenvalue weighted by molar-refractivity contribution is 0.174. The van der Waals surface area contributed by atoms with Crippen LogP contribution in [0.25, 0.3) is 0 Å². The van der Waals surface area contributed by atoms with E-state index in [-0.39, 0.29) is 6.54 Å². The minimum absolute atomic E-state index is 0.266. The van der Waals surface area contributed by atoms with Crippen LogP contribution in [0.5, 0.6) is 0 Å². The lowest BCUT2D eigenvalue weighted by Gasteiger charge is -2.11. The number of hydrogen-bond acceptors (Lipinski definition) is 4. The maximum Gasteiger partial charge on any atom is 0.159 e. The molecule has 2 aromatic rings. The molecule has 1 unspecified atom stereocenters. The number of aromatic nitrogens is 1. The molecule has 0 bridgehead atoms.